The van der Waals surface area contributed by atoms with E-state index in [2.05, 4.69) is 15.5 Å². The number of fused-ring (bicyclic) bond motifs is 1. The van der Waals surface area contributed by atoms with E-state index in [9.17, 15) is 8.42 Å². The molecule has 9 heteroatoms. The maximum atomic E-state index is 12.8. The standard InChI is InChI=1S/C14H20N4O3S.ClH/c1-3-13-12-8-11(9-16-14(12)21-17-13)22(19,20)18-6-4-10(15-2)5-7-18;/h8-10,15H,3-7H2,1-2H3;1H. The number of sulfonamides is 1. The van der Waals surface area contributed by atoms with Gasteiger partial charge in [0, 0.05) is 19.1 Å². The van der Waals surface area contributed by atoms with Crippen molar-refractivity contribution in [3.63, 3.8) is 0 Å². The summed E-state index contributed by atoms with van der Waals surface area (Å²) < 4.78 is 32.2. The molecule has 2 aromatic rings. The van der Waals surface area contributed by atoms with Gasteiger partial charge in [0.05, 0.1) is 17.3 Å². The molecule has 0 radical (unpaired) electrons. The van der Waals surface area contributed by atoms with Gasteiger partial charge in [0.1, 0.15) is 4.90 Å². The van der Waals surface area contributed by atoms with Gasteiger partial charge in [-0.2, -0.15) is 4.31 Å². The zero-order chi connectivity index (χ0) is 15.7. The minimum atomic E-state index is -3.51. The lowest BCUT2D eigenvalue weighted by Gasteiger charge is -2.30. The molecule has 0 saturated carbocycles. The largest absolute Gasteiger partial charge is 0.336 e. The van der Waals surface area contributed by atoms with E-state index in [-0.39, 0.29) is 17.3 Å². The Morgan fingerprint density at radius 3 is 2.70 bits per heavy atom. The summed E-state index contributed by atoms with van der Waals surface area (Å²) in [6.45, 7) is 2.99. The number of nitrogens with one attached hydrogen (secondary N) is 1. The molecule has 1 aliphatic rings. The van der Waals surface area contributed by atoms with Gasteiger partial charge in [0.25, 0.3) is 5.71 Å². The minimum absolute atomic E-state index is 0. The van der Waals surface area contributed by atoms with E-state index >= 15 is 0 Å². The molecule has 1 fully saturated rings. The molecule has 1 aliphatic heterocycles. The predicted molar refractivity (Wildman–Crippen MR) is 89.3 cm³/mol. The van der Waals surface area contributed by atoms with Gasteiger partial charge >= 0.3 is 0 Å². The Hall–Kier alpha value is -1.22. The minimum Gasteiger partial charge on any atom is -0.336 e. The first kappa shape index (κ1) is 18.1. The van der Waals surface area contributed by atoms with Crippen LogP contribution in [0.3, 0.4) is 0 Å². The fourth-order valence-corrected chi connectivity index (χ4v) is 4.23. The average Bonchev–Trinajstić information content (AvgIpc) is 2.97. The first-order valence-electron chi connectivity index (χ1n) is 7.48. The highest BCUT2D eigenvalue weighted by molar-refractivity contribution is 7.89. The summed E-state index contributed by atoms with van der Waals surface area (Å²) in [5.41, 5.74) is 1.11. The Kier molecular flexibility index (Phi) is 5.61. The van der Waals surface area contributed by atoms with Crippen molar-refractivity contribution in [3.05, 3.63) is 18.0 Å². The predicted octanol–water partition coefficient (Wildman–Crippen LogP) is 1.58. The summed E-state index contributed by atoms with van der Waals surface area (Å²) in [4.78, 5) is 4.30. The third-order valence-electron chi connectivity index (χ3n) is 4.21. The van der Waals surface area contributed by atoms with Crippen LogP contribution in [0.25, 0.3) is 11.1 Å². The molecule has 1 saturated heterocycles. The van der Waals surface area contributed by atoms with Crippen molar-refractivity contribution < 1.29 is 12.9 Å². The van der Waals surface area contributed by atoms with E-state index in [0.29, 0.717) is 36.7 Å². The summed E-state index contributed by atoms with van der Waals surface area (Å²) in [7, 11) is -1.61. The van der Waals surface area contributed by atoms with Gasteiger partial charge in [-0.25, -0.2) is 13.4 Å². The quantitative estimate of drug-likeness (QED) is 0.890. The van der Waals surface area contributed by atoms with Crippen LogP contribution in [0.2, 0.25) is 0 Å². The molecule has 0 atom stereocenters. The fourth-order valence-electron chi connectivity index (χ4n) is 2.79. The normalized spacial score (nSPS) is 17.3. The molecular formula is C14H21ClN4O3S. The van der Waals surface area contributed by atoms with Gasteiger partial charge in [-0.3, -0.25) is 0 Å². The second kappa shape index (κ2) is 7.12. The molecule has 3 rings (SSSR count). The van der Waals surface area contributed by atoms with Crippen molar-refractivity contribution in [1.29, 1.82) is 0 Å². The Morgan fingerprint density at radius 1 is 1.39 bits per heavy atom. The molecule has 2 aromatic heterocycles. The van der Waals surface area contributed by atoms with Crippen molar-refractivity contribution in [2.45, 2.75) is 37.1 Å². The number of hydrogen-bond donors (Lipinski definition) is 1. The van der Waals surface area contributed by atoms with Crippen LogP contribution in [0.4, 0.5) is 0 Å². The van der Waals surface area contributed by atoms with Gasteiger partial charge in [0.15, 0.2) is 0 Å². The lowest BCUT2D eigenvalue weighted by Crippen LogP contribution is -2.43. The van der Waals surface area contributed by atoms with Crippen molar-refractivity contribution in [2.24, 2.45) is 0 Å². The lowest BCUT2D eigenvalue weighted by molar-refractivity contribution is 0.298. The lowest BCUT2D eigenvalue weighted by atomic mass is 10.1. The number of hydrogen-bond acceptors (Lipinski definition) is 6. The van der Waals surface area contributed by atoms with Crippen molar-refractivity contribution in [1.82, 2.24) is 19.8 Å². The van der Waals surface area contributed by atoms with Gasteiger partial charge < -0.3 is 9.84 Å². The van der Waals surface area contributed by atoms with Gasteiger partial charge in [-0.15, -0.1) is 12.4 Å². The summed E-state index contributed by atoms with van der Waals surface area (Å²) in [6.07, 6.45) is 3.66. The molecule has 128 valence electrons. The van der Waals surface area contributed by atoms with Crippen LogP contribution in [-0.4, -0.2) is 49.0 Å². The number of aromatic nitrogens is 2. The summed E-state index contributed by atoms with van der Waals surface area (Å²) in [6, 6.07) is 2.01. The molecule has 1 N–H and O–H groups in total. The smallest absolute Gasteiger partial charge is 0.258 e. The van der Waals surface area contributed by atoms with Crippen LogP contribution >= 0.6 is 12.4 Å². The van der Waals surface area contributed by atoms with E-state index < -0.39 is 10.0 Å². The van der Waals surface area contributed by atoms with E-state index in [1.54, 1.807) is 6.07 Å². The monoisotopic (exact) mass is 360 g/mol. The van der Waals surface area contributed by atoms with Crippen molar-refractivity contribution >= 4 is 33.5 Å². The molecule has 3 heterocycles. The molecule has 7 nitrogen and oxygen atoms in total. The molecule has 0 spiro atoms. The summed E-state index contributed by atoms with van der Waals surface area (Å²) in [5.74, 6) is 0. The maximum absolute atomic E-state index is 12.8. The topological polar surface area (TPSA) is 88.3 Å². The Bertz CT molecular complexity index is 769. The van der Waals surface area contributed by atoms with Gasteiger partial charge in [-0.05, 0) is 32.4 Å². The summed E-state index contributed by atoms with van der Waals surface area (Å²) >= 11 is 0. The highest BCUT2D eigenvalue weighted by atomic mass is 35.5. The number of pyridine rings is 1. The van der Waals surface area contributed by atoms with Gasteiger partial charge in [-0.1, -0.05) is 12.1 Å². The molecule has 0 amide bonds. The Balaban J connectivity index is 0.00000192. The Morgan fingerprint density at radius 2 is 2.09 bits per heavy atom. The molecule has 0 bridgehead atoms. The first-order chi connectivity index (χ1) is 10.6. The number of rotatable bonds is 4. The van der Waals surface area contributed by atoms with E-state index in [4.69, 9.17) is 4.52 Å². The van der Waals surface area contributed by atoms with E-state index in [1.165, 1.54) is 10.5 Å². The third-order valence-corrected chi connectivity index (χ3v) is 6.08. The summed E-state index contributed by atoms with van der Waals surface area (Å²) in [5, 5.41) is 7.79. The van der Waals surface area contributed by atoms with Crippen LogP contribution < -0.4 is 5.32 Å². The molecular weight excluding hydrogens is 340 g/mol. The number of piperidine rings is 1. The SMILES string of the molecule is CCc1noc2ncc(S(=O)(=O)N3CCC(NC)CC3)cc12.Cl. The first-order valence-corrected chi connectivity index (χ1v) is 8.92. The number of aryl methyl sites for hydroxylation is 1. The van der Waals surface area contributed by atoms with Crippen LogP contribution in [0.15, 0.2) is 21.7 Å². The zero-order valence-corrected chi connectivity index (χ0v) is 14.8. The average molecular weight is 361 g/mol. The van der Waals surface area contributed by atoms with Crippen LogP contribution in [0.1, 0.15) is 25.5 Å². The zero-order valence-electron chi connectivity index (χ0n) is 13.2. The van der Waals surface area contributed by atoms with E-state index in [1.807, 2.05) is 14.0 Å². The van der Waals surface area contributed by atoms with Gasteiger partial charge in [0.2, 0.25) is 10.0 Å². The second-order valence-corrected chi connectivity index (χ2v) is 7.41. The number of nitrogens with zero attached hydrogens (tertiary/aromatic N) is 3. The number of halogens is 1. The maximum Gasteiger partial charge on any atom is 0.258 e. The highest BCUT2D eigenvalue weighted by Gasteiger charge is 2.29. The van der Waals surface area contributed by atoms with Crippen LogP contribution in [0.5, 0.6) is 0 Å². The second-order valence-electron chi connectivity index (χ2n) is 5.47. The molecule has 0 aliphatic carbocycles. The molecule has 23 heavy (non-hydrogen) atoms. The highest BCUT2D eigenvalue weighted by Crippen LogP contribution is 2.24. The van der Waals surface area contributed by atoms with Crippen molar-refractivity contribution in [2.75, 3.05) is 20.1 Å². The van der Waals surface area contributed by atoms with Crippen molar-refractivity contribution in [3.8, 4) is 0 Å². The Labute approximate surface area is 141 Å². The van der Waals surface area contributed by atoms with Crippen LogP contribution in [0, 0.1) is 0 Å². The fraction of sp³-hybridized carbons (Fsp3) is 0.571. The van der Waals surface area contributed by atoms with E-state index in [0.717, 1.165) is 18.5 Å². The molecule has 0 unspecified atom stereocenters. The molecule has 0 aromatic carbocycles. The van der Waals surface area contributed by atoms with Crippen LogP contribution in [-0.2, 0) is 16.4 Å². The third kappa shape index (κ3) is 3.35.